The third-order valence-corrected chi connectivity index (χ3v) is 3.28. The van der Waals surface area contributed by atoms with Crippen LogP contribution in [0.15, 0.2) is 30.3 Å². The standard InChI is InChI=1S/C14H23N3/c1-16(13-17-11-8-15-9-12-17)10-7-14-5-3-2-4-6-14/h2-6,15H,7-13H2,1H3. The molecule has 1 aromatic rings. The first kappa shape index (κ1) is 12.6. The predicted molar refractivity (Wildman–Crippen MR) is 72.1 cm³/mol. The van der Waals surface area contributed by atoms with Gasteiger partial charge in [-0.05, 0) is 19.0 Å². The van der Waals surface area contributed by atoms with E-state index in [9.17, 15) is 0 Å². The molecule has 1 heterocycles. The predicted octanol–water partition coefficient (Wildman–Crippen LogP) is 1.02. The van der Waals surface area contributed by atoms with Gasteiger partial charge >= 0.3 is 0 Å². The number of piperazine rings is 1. The first-order chi connectivity index (χ1) is 8.34. The number of likely N-dealkylation sites (N-methyl/N-ethyl adjacent to an activating group) is 1. The molecule has 0 unspecified atom stereocenters. The molecule has 0 atom stereocenters. The van der Waals surface area contributed by atoms with Crippen molar-refractivity contribution in [2.75, 3.05) is 46.4 Å². The van der Waals surface area contributed by atoms with Crippen LogP contribution < -0.4 is 5.32 Å². The van der Waals surface area contributed by atoms with Crippen molar-refractivity contribution < 1.29 is 0 Å². The van der Waals surface area contributed by atoms with Crippen LogP contribution in [0.5, 0.6) is 0 Å². The Morgan fingerprint density at radius 1 is 1.18 bits per heavy atom. The van der Waals surface area contributed by atoms with Crippen LogP contribution >= 0.6 is 0 Å². The molecular formula is C14H23N3. The molecular weight excluding hydrogens is 210 g/mol. The molecule has 0 saturated carbocycles. The second-order valence-corrected chi connectivity index (χ2v) is 4.82. The van der Waals surface area contributed by atoms with E-state index in [0.29, 0.717) is 0 Å². The van der Waals surface area contributed by atoms with Crippen LogP contribution in [0.1, 0.15) is 5.56 Å². The van der Waals surface area contributed by atoms with E-state index >= 15 is 0 Å². The van der Waals surface area contributed by atoms with E-state index < -0.39 is 0 Å². The summed E-state index contributed by atoms with van der Waals surface area (Å²) in [6, 6.07) is 10.7. The zero-order chi connectivity index (χ0) is 11.9. The summed E-state index contributed by atoms with van der Waals surface area (Å²) in [7, 11) is 2.21. The van der Waals surface area contributed by atoms with Gasteiger partial charge in [-0.1, -0.05) is 30.3 Å². The van der Waals surface area contributed by atoms with Gasteiger partial charge in [0.05, 0.1) is 6.67 Å². The first-order valence-electron chi connectivity index (χ1n) is 6.50. The Morgan fingerprint density at radius 2 is 1.88 bits per heavy atom. The van der Waals surface area contributed by atoms with Crippen molar-refractivity contribution in [3.63, 3.8) is 0 Å². The number of rotatable bonds is 5. The van der Waals surface area contributed by atoms with Gasteiger partial charge < -0.3 is 5.32 Å². The third-order valence-electron chi connectivity index (χ3n) is 3.28. The van der Waals surface area contributed by atoms with Crippen molar-refractivity contribution in [1.29, 1.82) is 0 Å². The molecule has 1 saturated heterocycles. The Hall–Kier alpha value is -0.900. The van der Waals surface area contributed by atoms with E-state index in [0.717, 1.165) is 32.7 Å². The molecule has 94 valence electrons. The summed E-state index contributed by atoms with van der Waals surface area (Å²) in [5.74, 6) is 0. The van der Waals surface area contributed by atoms with Crippen molar-refractivity contribution in [3.05, 3.63) is 35.9 Å². The summed E-state index contributed by atoms with van der Waals surface area (Å²) < 4.78 is 0. The molecule has 0 spiro atoms. The SMILES string of the molecule is CN(CCc1ccccc1)CN1CCNCC1. The minimum atomic E-state index is 1.09. The van der Waals surface area contributed by atoms with Gasteiger partial charge in [-0.2, -0.15) is 0 Å². The van der Waals surface area contributed by atoms with Gasteiger partial charge in [-0.15, -0.1) is 0 Å². The minimum absolute atomic E-state index is 1.09. The Labute approximate surface area is 104 Å². The molecule has 1 fully saturated rings. The lowest BCUT2D eigenvalue weighted by Gasteiger charge is -2.31. The van der Waals surface area contributed by atoms with Crippen LogP contribution in [0.3, 0.4) is 0 Å². The third kappa shape index (κ3) is 4.46. The largest absolute Gasteiger partial charge is 0.314 e. The fourth-order valence-electron chi connectivity index (χ4n) is 2.23. The van der Waals surface area contributed by atoms with Crippen LogP contribution in [0, 0.1) is 0 Å². The Kier molecular flexibility index (Phi) is 4.98. The highest BCUT2D eigenvalue weighted by Gasteiger charge is 2.10. The number of hydrogen-bond acceptors (Lipinski definition) is 3. The summed E-state index contributed by atoms with van der Waals surface area (Å²) >= 11 is 0. The lowest BCUT2D eigenvalue weighted by molar-refractivity contribution is 0.140. The highest BCUT2D eigenvalue weighted by atomic mass is 15.3. The quantitative estimate of drug-likeness (QED) is 0.819. The van der Waals surface area contributed by atoms with E-state index in [4.69, 9.17) is 0 Å². The Bertz CT molecular complexity index is 307. The number of nitrogens with zero attached hydrogens (tertiary/aromatic N) is 2. The molecule has 3 heteroatoms. The maximum absolute atomic E-state index is 3.39. The van der Waals surface area contributed by atoms with Crippen LogP contribution in [0.4, 0.5) is 0 Å². The van der Waals surface area contributed by atoms with E-state index in [1.54, 1.807) is 0 Å². The summed E-state index contributed by atoms with van der Waals surface area (Å²) in [5, 5.41) is 3.39. The topological polar surface area (TPSA) is 18.5 Å². The van der Waals surface area contributed by atoms with Crippen molar-refractivity contribution in [2.45, 2.75) is 6.42 Å². The molecule has 1 aliphatic heterocycles. The molecule has 1 N–H and O–H groups in total. The molecule has 3 nitrogen and oxygen atoms in total. The lowest BCUT2D eigenvalue weighted by atomic mass is 10.1. The van der Waals surface area contributed by atoms with Gasteiger partial charge in [0.1, 0.15) is 0 Å². The van der Waals surface area contributed by atoms with Crippen molar-refractivity contribution >= 4 is 0 Å². The molecule has 1 aliphatic rings. The van der Waals surface area contributed by atoms with Crippen LogP contribution in [-0.4, -0.2) is 56.2 Å². The second-order valence-electron chi connectivity index (χ2n) is 4.82. The summed E-state index contributed by atoms with van der Waals surface area (Å²) in [5.41, 5.74) is 1.43. The molecule has 2 rings (SSSR count). The van der Waals surface area contributed by atoms with Crippen LogP contribution in [0.25, 0.3) is 0 Å². The van der Waals surface area contributed by atoms with Gasteiger partial charge in [0.25, 0.3) is 0 Å². The monoisotopic (exact) mass is 233 g/mol. The molecule has 0 aliphatic carbocycles. The smallest absolute Gasteiger partial charge is 0.0504 e. The second kappa shape index (κ2) is 6.74. The maximum atomic E-state index is 3.39. The van der Waals surface area contributed by atoms with E-state index in [1.165, 1.54) is 18.7 Å². The summed E-state index contributed by atoms with van der Waals surface area (Å²) in [6.45, 7) is 6.84. The number of nitrogens with one attached hydrogen (secondary N) is 1. The summed E-state index contributed by atoms with van der Waals surface area (Å²) in [6.07, 6.45) is 1.14. The van der Waals surface area contributed by atoms with Gasteiger partial charge in [-0.25, -0.2) is 0 Å². The van der Waals surface area contributed by atoms with Gasteiger partial charge in [0.2, 0.25) is 0 Å². The highest BCUT2D eigenvalue weighted by Crippen LogP contribution is 2.01. The average molecular weight is 233 g/mol. The Balaban J connectivity index is 1.68. The van der Waals surface area contributed by atoms with Gasteiger partial charge in [-0.3, -0.25) is 9.80 Å². The van der Waals surface area contributed by atoms with Crippen molar-refractivity contribution in [1.82, 2.24) is 15.1 Å². The zero-order valence-corrected chi connectivity index (χ0v) is 10.7. The number of benzene rings is 1. The van der Waals surface area contributed by atoms with Crippen LogP contribution in [0.2, 0.25) is 0 Å². The van der Waals surface area contributed by atoms with Crippen molar-refractivity contribution in [3.8, 4) is 0 Å². The molecule has 1 aromatic carbocycles. The average Bonchev–Trinajstić information content (AvgIpc) is 2.39. The van der Waals surface area contributed by atoms with Crippen molar-refractivity contribution in [2.24, 2.45) is 0 Å². The molecule has 0 radical (unpaired) electrons. The normalized spacial score (nSPS) is 17.5. The van der Waals surface area contributed by atoms with Crippen LogP contribution in [-0.2, 0) is 6.42 Å². The first-order valence-corrected chi connectivity index (χ1v) is 6.50. The fourth-order valence-corrected chi connectivity index (χ4v) is 2.23. The van der Waals surface area contributed by atoms with E-state index in [2.05, 4.69) is 52.5 Å². The minimum Gasteiger partial charge on any atom is -0.314 e. The van der Waals surface area contributed by atoms with Gasteiger partial charge in [0, 0.05) is 32.7 Å². The summed E-state index contributed by atoms with van der Waals surface area (Å²) in [4.78, 5) is 4.93. The molecule has 0 amide bonds. The maximum Gasteiger partial charge on any atom is 0.0504 e. The fraction of sp³-hybridized carbons (Fsp3) is 0.571. The lowest BCUT2D eigenvalue weighted by Crippen LogP contribution is -2.47. The molecule has 0 bridgehead atoms. The number of hydrogen-bond donors (Lipinski definition) is 1. The van der Waals surface area contributed by atoms with E-state index in [-0.39, 0.29) is 0 Å². The van der Waals surface area contributed by atoms with Gasteiger partial charge in [0.15, 0.2) is 0 Å². The highest BCUT2D eigenvalue weighted by molar-refractivity contribution is 5.14. The molecule has 0 aromatic heterocycles. The zero-order valence-electron chi connectivity index (χ0n) is 10.7. The molecule has 17 heavy (non-hydrogen) atoms. The Morgan fingerprint density at radius 3 is 2.59 bits per heavy atom. The van der Waals surface area contributed by atoms with E-state index in [1.807, 2.05) is 0 Å².